The van der Waals surface area contributed by atoms with E-state index in [-0.39, 0.29) is 63.4 Å². The number of carbonyl (C=O) groups excluding carboxylic acids is 3. The van der Waals surface area contributed by atoms with Gasteiger partial charge in [0.15, 0.2) is 26.2 Å². The number of rotatable bonds is 18. The molecule has 8 rings (SSSR count). The molecule has 2 aliphatic rings. The van der Waals surface area contributed by atoms with Gasteiger partial charge in [-0.15, -0.1) is 16.7 Å². The Bertz CT molecular complexity index is 3720. The van der Waals surface area contributed by atoms with Crippen molar-refractivity contribution in [2.45, 2.75) is 127 Å². The minimum atomic E-state index is -4.71. The van der Waals surface area contributed by atoms with Gasteiger partial charge in [0.25, 0.3) is 5.91 Å². The van der Waals surface area contributed by atoms with Crippen molar-refractivity contribution < 1.29 is 83.4 Å². The molecular weight excluding hydrogens is 1350 g/mol. The molecule has 1 aliphatic heterocycles. The molecule has 0 saturated heterocycles. The van der Waals surface area contributed by atoms with Crippen LogP contribution < -0.4 is 30.3 Å². The smallest absolute Gasteiger partial charge is 0.442 e. The molecule has 2 atom stereocenters. The van der Waals surface area contributed by atoms with Crippen molar-refractivity contribution in [1.29, 1.82) is 0 Å². The molecule has 1 aliphatic carbocycles. The summed E-state index contributed by atoms with van der Waals surface area (Å²) in [4.78, 5) is 76.6. The lowest BCUT2D eigenvalue weighted by atomic mass is 9.97. The van der Waals surface area contributed by atoms with Crippen LogP contribution in [0.15, 0.2) is 97.6 Å². The van der Waals surface area contributed by atoms with Gasteiger partial charge in [0, 0.05) is 36.3 Å². The molecule has 3 heterocycles. The van der Waals surface area contributed by atoms with Crippen molar-refractivity contribution in [1.82, 2.24) is 20.3 Å². The number of amides is 2. The van der Waals surface area contributed by atoms with Gasteiger partial charge in [0.2, 0.25) is 11.8 Å². The van der Waals surface area contributed by atoms with Crippen LogP contribution in [0.5, 0.6) is 11.5 Å². The van der Waals surface area contributed by atoms with E-state index in [4.69, 9.17) is 96.0 Å². The van der Waals surface area contributed by atoms with E-state index >= 15 is 0 Å². The first-order valence-electron chi connectivity index (χ1n) is 27.7. The van der Waals surface area contributed by atoms with Crippen LogP contribution in [-0.2, 0) is 51.5 Å². The van der Waals surface area contributed by atoms with Gasteiger partial charge in [-0.2, -0.15) is 17.9 Å². The second kappa shape index (κ2) is 33.7. The molecule has 2 unspecified atom stereocenters. The molecule has 6 aromatic rings. The van der Waals surface area contributed by atoms with Crippen molar-refractivity contribution in [3.63, 3.8) is 0 Å². The second-order valence-electron chi connectivity index (χ2n) is 21.8. The zero-order chi connectivity index (χ0) is 68.7. The van der Waals surface area contributed by atoms with Gasteiger partial charge >= 0.3 is 25.5 Å². The summed E-state index contributed by atoms with van der Waals surface area (Å²) in [5, 5.41) is 18.5. The molecule has 4 aromatic carbocycles. The topological polar surface area (TPSA) is 300 Å². The Morgan fingerprint density at radius 2 is 1.59 bits per heavy atom. The second-order valence-corrected chi connectivity index (χ2v) is 27.6. The van der Waals surface area contributed by atoms with E-state index in [1.54, 1.807) is 23.0 Å². The van der Waals surface area contributed by atoms with Gasteiger partial charge in [0.05, 0.1) is 87.0 Å². The fourth-order valence-electron chi connectivity index (χ4n) is 8.53. The van der Waals surface area contributed by atoms with E-state index < -0.39 is 69.2 Å². The first-order chi connectivity index (χ1) is 42.3. The average Bonchev–Trinajstić information content (AvgIpc) is 1.78. The van der Waals surface area contributed by atoms with E-state index in [1.807, 2.05) is 91.8 Å². The summed E-state index contributed by atoms with van der Waals surface area (Å²) in [6, 6.07) is 18.5. The number of ether oxygens (including phenoxy) is 3. The minimum Gasteiger partial charge on any atom is -0.489 e. The van der Waals surface area contributed by atoms with Gasteiger partial charge in [-0.05, 0) is 101 Å². The minimum absolute atomic E-state index is 0.0223. The maximum atomic E-state index is 12.8. The number of anilines is 2. The Kier molecular flexibility index (Phi) is 28.7. The number of sulfone groups is 1. The Hall–Kier alpha value is -6.03. The van der Waals surface area contributed by atoms with Crippen molar-refractivity contribution in [2.24, 2.45) is 0 Å². The number of nitrogens with zero attached hydrogens (tertiary/aromatic N) is 5. The average molecular weight is 1420 g/mol. The summed E-state index contributed by atoms with van der Waals surface area (Å²) < 4.78 is 100.0. The highest BCUT2D eigenvalue weighted by atomic mass is 35.5. The van der Waals surface area contributed by atoms with Crippen molar-refractivity contribution >= 4 is 110 Å². The number of aryl methyl sites for hydroxylation is 2. The molecule has 1 fully saturated rings. The number of nitrogens with one attached hydrogen (secondary N) is 1. The number of ketones is 1. The van der Waals surface area contributed by atoms with Crippen LogP contribution >= 0.6 is 65.6 Å². The number of carboxylic acids is 1. The van der Waals surface area contributed by atoms with E-state index in [2.05, 4.69) is 28.6 Å². The number of halogens is 8. The predicted octanol–water partition coefficient (Wildman–Crippen LogP) is 12.0. The first-order valence-corrected chi connectivity index (χ1v) is 33.6. The number of methoxy groups -OCH3 is 1. The fourth-order valence-corrected chi connectivity index (χ4v) is 10.7. The molecule has 2 aromatic heterocycles. The van der Waals surface area contributed by atoms with Gasteiger partial charge in [-0.25, -0.2) is 13.2 Å². The number of benzene rings is 4. The summed E-state index contributed by atoms with van der Waals surface area (Å²) in [6.07, 6.45) is -0.929. The summed E-state index contributed by atoms with van der Waals surface area (Å²) in [7, 11) is -6.50. The Morgan fingerprint density at radius 1 is 0.945 bits per heavy atom. The van der Waals surface area contributed by atoms with Gasteiger partial charge in [-0.3, -0.25) is 29.1 Å². The Balaban J connectivity index is 0.000000249. The molecule has 91 heavy (non-hydrogen) atoms. The van der Waals surface area contributed by atoms with E-state index in [0.717, 1.165) is 58.8 Å². The molecule has 32 heteroatoms. The largest absolute Gasteiger partial charge is 0.489 e. The summed E-state index contributed by atoms with van der Waals surface area (Å²) >= 11 is 29.3. The summed E-state index contributed by atoms with van der Waals surface area (Å²) in [6.45, 7) is 17.9. The number of hydrogen-bond donors (Lipinski definition) is 4. The van der Waals surface area contributed by atoms with E-state index in [9.17, 15) is 50.1 Å². The van der Waals surface area contributed by atoms with Crippen LogP contribution in [0.4, 0.5) is 24.5 Å². The quantitative estimate of drug-likeness (QED) is 0.0353. The number of aliphatic carboxylic acids is 1. The normalized spacial score (nSPS) is 14.2. The van der Waals surface area contributed by atoms with Crippen molar-refractivity contribution in [2.75, 3.05) is 55.1 Å². The number of alkyl halides is 6. The van der Waals surface area contributed by atoms with Crippen LogP contribution in [0, 0.1) is 6.92 Å². The molecule has 1 saturated carbocycles. The summed E-state index contributed by atoms with van der Waals surface area (Å²) in [5.74, 6) is -1.05. The van der Waals surface area contributed by atoms with Crippen LogP contribution in [-0.4, -0.2) is 130 Å². The number of aromatic nitrogens is 3. The predicted molar refractivity (Wildman–Crippen MR) is 340 cm³/mol. The maximum Gasteiger partial charge on any atom is 0.442 e. The number of carboxylic acid groups (broad SMARTS) is 1. The zero-order valence-electron chi connectivity index (χ0n) is 51.3. The standard InChI is InChI=1S/C15H18Cl2N2O3.C15H22ClNO2.C15H12F3NO4S.C11H11Cl2NO2.C3H8NO5P/c1-8(2)21-12-7-11(9(16)6-10(12)17)19-14(20)22-13(18-19)15(3,4)5;1-5-13-8-6-7-11(2)15(13)17(14(18)9-16)12(3)10-19-4;1-24(21,22)12-6-9(15(16,17)18)4-5-10(12)13(20)11-7-19-23-14(11)8-2-3-8;1-7-6-16-9-5-3-2-4-8(9)14(7)11(15)10(12)13;5-3(6)1-4-2-10(7,8)9/h6-8H,1-5H3;6-8,12H,5,9-10H2,1-4H3;4-8H,2-3H2,1H3;2-5,7,10H,6H2,1H3;4H,1-2H2,(H,5,6)(H2,7,8,9). The molecule has 2 amide bonds. The molecule has 0 bridgehead atoms. The maximum absolute atomic E-state index is 12.8. The molecule has 0 spiro atoms. The lowest BCUT2D eigenvalue weighted by Gasteiger charge is -2.35. The molecular formula is C59H71Cl5F3N6O16PS. The van der Waals surface area contributed by atoms with Crippen LogP contribution in [0.3, 0.4) is 0 Å². The number of fused-ring (bicyclic) bond motifs is 1. The monoisotopic (exact) mass is 1410 g/mol. The number of carbonyl (C=O) groups is 4. The highest BCUT2D eigenvalue weighted by molar-refractivity contribution is 7.90. The molecule has 0 radical (unpaired) electrons. The zero-order valence-corrected chi connectivity index (χ0v) is 56.8. The fraction of sp³-hybridized carbons (Fsp3) is 0.441. The van der Waals surface area contributed by atoms with Crippen molar-refractivity contribution in [3.05, 3.63) is 139 Å². The third-order valence-corrected chi connectivity index (χ3v) is 15.7. The Labute approximate surface area is 549 Å². The number of hydrogen-bond acceptors (Lipinski definition) is 16. The third kappa shape index (κ3) is 22.6. The SMILES string of the molecule is CC(C)Oc1cc(-n2nc(C(C)(C)C)oc2=O)c(Cl)cc1Cl.CC1COc2ccccc2N1C(=O)C(Cl)Cl.CCc1cccc(C)c1N(C(=O)CCl)C(C)COC.CS(=O)(=O)c1cc(C(F)(F)F)ccc1C(=O)c1cnoc1C1CC1.O=C(O)CNCP(=O)(O)O. The van der Waals surface area contributed by atoms with Gasteiger partial charge < -0.3 is 47.8 Å². The van der Waals surface area contributed by atoms with Gasteiger partial charge in [0.1, 0.15) is 24.0 Å². The highest BCUT2D eigenvalue weighted by Crippen LogP contribution is 2.43. The third-order valence-electron chi connectivity index (χ3n) is 12.8. The lowest BCUT2D eigenvalue weighted by Crippen LogP contribution is -2.47. The van der Waals surface area contributed by atoms with E-state index in [0.29, 0.717) is 59.2 Å². The van der Waals surface area contributed by atoms with Gasteiger partial charge in [-0.1, -0.05) is 110 Å². The van der Waals surface area contributed by atoms with E-state index in [1.165, 1.54) is 12.3 Å². The Morgan fingerprint density at radius 3 is 2.12 bits per heavy atom. The molecule has 22 nitrogen and oxygen atoms in total. The van der Waals surface area contributed by atoms with Crippen LogP contribution in [0.25, 0.3) is 5.69 Å². The lowest BCUT2D eigenvalue weighted by molar-refractivity contribution is -0.138. The molecule has 4 N–H and O–H groups in total. The van der Waals surface area contributed by atoms with Crippen LogP contribution in [0.2, 0.25) is 10.0 Å². The number of para-hydroxylation sites is 3. The van der Waals surface area contributed by atoms with Crippen molar-refractivity contribution in [3.8, 4) is 17.2 Å². The summed E-state index contributed by atoms with van der Waals surface area (Å²) in [5.41, 5.74) is 2.54. The highest BCUT2D eigenvalue weighted by Gasteiger charge is 2.37. The van der Waals surface area contributed by atoms with Crippen LogP contribution in [0.1, 0.15) is 118 Å². The molecule has 500 valence electrons. The first kappa shape index (κ1) is 77.4.